The molecule has 146 valence electrons. The fourth-order valence-electron chi connectivity index (χ4n) is 5.94. The molecule has 1 aliphatic carbocycles. The van der Waals surface area contributed by atoms with E-state index in [4.69, 9.17) is 0 Å². The van der Waals surface area contributed by atoms with E-state index in [9.17, 15) is 14.4 Å². The first-order chi connectivity index (χ1) is 12.7. The molecular formula is C20H28N4O3. The molecule has 3 fully saturated rings. The Morgan fingerprint density at radius 3 is 2.63 bits per heavy atom. The first-order valence-electron chi connectivity index (χ1n) is 9.86. The molecule has 7 nitrogen and oxygen atoms in total. The summed E-state index contributed by atoms with van der Waals surface area (Å²) >= 11 is 0. The third-order valence-electron chi connectivity index (χ3n) is 6.99. The van der Waals surface area contributed by atoms with Crippen LogP contribution in [-0.2, 0) is 16.1 Å². The Morgan fingerprint density at radius 2 is 1.96 bits per heavy atom. The Bertz CT molecular complexity index is 863. The molecule has 0 unspecified atom stereocenters. The fraction of sp³-hybridized carbons (Fsp3) is 0.700. The number of piperidine rings is 1. The second-order valence-corrected chi connectivity index (χ2v) is 8.71. The van der Waals surface area contributed by atoms with Crippen LogP contribution >= 0.6 is 0 Å². The number of rotatable bonds is 2. The van der Waals surface area contributed by atoms with Gasteiger partial charge in [-0.2, -0.15) is 4.98 Å². The van der Waals surface area contributed by atoms with Gasteiger partial charge in [0.25, 0.3) is 0 Å². The van der Waals surface area contributed by atoms with Crippen LogP contribution in [0.25, 0.3) is 0 Å². The van der Waals surface area contributed by atoms with E-state index in [1.54, 1.807) is 13.8 Å². The maximum atomic E-state index is 13.2. The van der Waals surface area contributed by atoms with Gasteiger partial charge in [-0.15, -0.1) is 0 Å². The molecule has 2 bridgehead atoms. The van der Waals surface area contributed by atoms with Gasteiger partial charge in [0.15, 0.2) is 0 Å². The number of fused-ring (bicyclic) bond motifs is 1. The zero-order valence-corrected chi connectivity index (χ0v) is 16.6. The van der Waals surface area contributed by atoms with Gasteiger partial charge in [0.05, 0.1) is 6.04 Å². The molecule has 2 saturated heterocycles. The van der Waals surface area contributed by atoms with E-state index in [0.29, 0.717) is 12.2 Å². The molecule has 2 aliphatic heterocycles. The summed E-state index contributed by atoms with van der Waals surface area (Å²) < 4.78 is 1.46. The van der Waals surface area contributed by atoms with Crippen molar-refractivity contribution in [2.24, 2.45) is 5.41 Å². The molecule has 3 aliphatic rings. The molecule has 4 atom stereocenters. The van der Waals surface area contributed by atoms with Crippen molar-refractivity contribution in [3.05, 3.63) is 27.9 Å². The summed E-state index contributed by atoms with van der Waals surface area (Å²) in [6.07, 6.45) is 3.98. The van der Waals surface area contributed by atoms with Gasteiger partial charge >= 0.3 is 5.69 Å². The lowest BCUT2D eigenvalue weighted by Gasteiger charge is -2.50. The summed E-state index contributed by atoms with van der Waals surface area (Å²) in [7, 11) is 0. The number of carbonyl (C=O) groups is 2. The van der Waals surface area contributed by atoms with Gasteiger partial charge in [0.2, 0.25) is 11.8 Å². The van der Waals surface area contributed by atoms with Crippen molar-refractivity contribution in [1.82, 2.24) is 19.4 Å². The van der Waals surface area contributed by atoms with Crippen LogP contribution < -0.4 is 5.69 Å². The van der Waals surface area contributed by atoms with Crippen molar-refractivity contribution in [2.45, 2.75) is 78.0 Å². The smallest absolute Gasteiger partial charge is 0.335 e. The molecule has 27 heavy (non-hydrogen) atoms. The van der Waals surface area contributed by atoms with Crippen molar-refractivity contribution >= 4 is 11.8 Å². The lowest BCUT2D eigenvalue weighted by Crippen LogP contribution is -2.58. The van der Waals surface area contributed by atoms with Crippen molar-refractivity contribution in [3.8, 4) is 0 Å². The monoisotopic (exact) mass is 372 g/mol. The van der Waals surface area contributed by atoms with Gasteiger partial charge in [-0.05, 0) is 45.6 Å². The van der Waals surface area contributed by atoms with E-state index in [0.717, 1.165) is 31.4 Å². The van der Waals surface area contributed by atoms with Crippen LogP contribution in [-0.4, -0.2) is 55.8 Å². The van der Waals surface area contributed by atoms with Crippen LogP contribution in [0.15, 0.2) is 10.9 Å². The van der Waals surface area contributed by atoms with Crippen LogP contribution in [0, 0.1) is 19.3 Å². The molecule has 1 saturated carbocycles. The predicted molar refractivity (Wildman–Crippen MR) is 100 cm³/mol. The molecule has 0 radical (unpaired) electrons. The highest BCUT2D eigenvalue weighted by molar-refractivity contribution is 5.78. The van der Waals surface area contributed by atoms with Crippen LogP contribution in [0.5, 0.6) is 0 Å². The number of hydrogen-bond donors (Lipinski definition) is 0. The minimum Gasteiger partial charge on any atom is -0.335 e. The molecule has 1 aromatic heterocycles. The van der Waals surface area contributed by atoms with Crippen LogP contribution in [0.4, 0.5) is 0 Å². The largest absolute Gasteiger partial charge is 0.348 e. The number of nitrogens with zero attached hydrogens (tertiary/aromatic N) is 4. The highest BCUT2D eigenvalue weighted by atomic mass is 16.2. The molecule has 1 aromatic rings. The Morgan fingerprint density at radius 1 is 1.26 bits per heavy atom. The van der Waals surface area contributed by atoms with Crippen LogP contribution in [0.2, 0.25) is 0 Å². The highest BCUT2D eigenvalue weighted by Gasteiger charge is 2.61. The van der Waals surface area contributed by atoms with E-state index in [-0.39, 0.29) is 47.6 Å². The number of amides is 2. The Hall–Kier alpha value is -2.18. The third kappa shape index (κ3) is 2.70. The van der Waals surface area contributed by atoms with E-state index in [2.05, 4.69) is 11.9 Å². The van der Waals surface area contributed by atoms with E-state index >= 15 is 0 Å². The first-order valence-corrected chi connectivity index (χ1v) is 9.86. The van der Waals surface area contributed by atoms with Crippen LogP contribution in [0.3, 0.4) is 0 Å². The van der Waals surface area contributed by atoms with E-state index in [1.807, 2.05) is 22.8 Å². The first kappa shape index (κ1) is 18.2. The lowest BCUT2D eigenvalue weighted by molar-refractivity contribution is -0.140. The minimum atomic E-state index is -0.376. The van der Waals surface area contributed by atoms with Gasteiger partial charge in [0.1, 0.15) is 6.54 Å². The summed E-state index contributed by atoms with van der Waals surface area (Å²) in [5, 5.41) is 0. The van der Waals surface area contributed by atoms with Crippen molar-refractivity contribution in [3.63, 3.8) is 0 Å². The van der Waals surface area contributed by atoms with Gasteiger partial charge in [0, 0.05) is 42.4 Å². The summed E-state index contributed by atoms with van der Waals surface area (Å²) in [6, 6.07) is 2.27. The molecule has 4 rings (SSSR count). The average molecular weight is 372 g/mol. The molecule has 0 aromatic carbocycles. The lowest BCUT2D eigenvalue weighted by atomic mass is 9.66. The van der Waals surface area contributed by atoms with Crippen molar-refractivity contribution in [1.29, 1.82) is 0 Å². The molecule has 0 N–H and O–H groups in total. The minimum absolute atomic E-state index is 0.0159. The number of carbonyl (C=O) groups excluding carboxylic acids is 2. The highest BCUT2D eigenvalue weighted by Crippen LogP contribution is 2.54. The number of hydrogen-bond acceptors (Lipinski definition) is 4. The second kappa shape index (κ2) is 6.17. The SMILES string of the molecule is CC(=O)N1[C@@H]2CN(C(=O)Cn3c(C)cc(C)nc3=O)[C@@H]3CCC[C@H]1[C@]3(C)C2. The van der Waals surface area contributed by atoms with Gasteiger partial charge in [-0.25, -0.2) is 4.79 Å². The van der Waals surface area contributed by atoms with Gasteiger partial charge in [-0.1, -0.05) is 6.92 Å². The molecule has 3 heterocycles. The zero-order valence-electron chi connectivity index (χ0n) is 16.6. The summed E-state index contributed by atoms with van der Waals surface area (Å²) in [4.78, 5) is 45.7. The zero-order chi connectivity index (χ0) is 19.5. The number of aromatic nitrogens is 2. The van der Waals surface area contributed by atoms with E-state index < -0.39 is 0 Å². The Labute approximate surface area is 159 Å². The average Bonchev–Trinajstić information content (AvgIpc) is 2.87. The maximum absolute atomic E-state index is 13.2. The Kier molecular flexibility index (Phi) is 4.16. The number of aryl methyl sites for hydroxylation is 2. The quantitative estimate of drug-likeness (QED) is 0.783. The van der Waals surface area contributed by atoms with Crippen molar-refractivity contribution < 1.29 is 9.59 Å². The standard InChI is InChI=1S/C20H28N4O3/c1-12-8-13(2)22(19(27)21-12)11-18(26)23-10-15-9-20(4)16(23)6-5-7-17(20)24(15)14(3)25/h8,15-17H,5-7,9-11H2,1-4H3/t15-,16+,17-,20+/m0/s1. The fourth-order valence-corrected chi connectivity index (χ4v) is 5.94. The molecule has 2 amide bonds. The normalized spacial score (nSPS) is 31.9. The second-order valence-electron chi connectivity index (χ2n) is 8.71. The topological polar surface area (TPSA) is 75.5 Å². The Balaban J connectivity index is 1.64. The maximum Gasteiger partial charge on any atom is 0.348 e. The third-order valence-corrected chi connectivity index (χ3v) is 6.99. The van der Waals surface area contributed by atoms with E-state index in [1.165, 1.54) is 4.57 Å². The molecule has 7 heteroatoms. The molecular weight excluding hydrogens is 344 g/mol. The summed E-state index contributed by atoms with van der Waals surface area (Å²) in [6.45, 7) is 8.08. The van der Waals surface area contributed by atoms with Crippen molar-refractivity contribution in [2.75, 3.05) is 6.54 Å². The number of likely N-dealkylation sites (tertiary alicyclic amines) is 2. The molecule has 0 spiro atoms. The van der Waals surface area contributed by atoms with Gasteiger partial charge < -0.3 is 9.80 Å². The van der Waals surface area contributed by atoms with Crippen LogP contribution in [0.1, 0.15) is 50.9 Å². The summed E-state index contributed by atoms with van der Waals surface area (Å²) in [5.74, 6) is 0.0660. The van der Waals surface area contributed by atoms with Gasteiger partial charge in [-0.3, -0.25) is 14.2 Å². The summed E-state index contributed by atoms with van der Waals surface area (Å²) in [5.41, 5.74) is 0.989. The predicted octanol–water partition coefficient (Wildman–Crippen LogP) is 1.25.